The van der Waals surface area contributed by atoms with Crippen LogP contribution in [0.15, 0.2) is 18.2 Å². The van der Waals surface area contributed by atoms with Crippen LogP contribution >= 0.6 is 0 Å². The Labute approximate surface area is 125 Å². The molecule has 0 heterocycles. The summed E-state index contributed by atoms with van der Waals surface area (Å²) in [7, 11) is 0. The number of carboxylic acid groups (broad SMARTS) is 1. The van der Waals surface area contributed by atoms with E-state index >= 15 is 0 Å². The van der Waals surface area contributed by atoms with E-state index in [9.17, 15) is 14.0 Å². The van der Waals surface area contributed by atoms with Gasteiger partial charge in [0.25, 0.3) is 0 Å². The van der Waals surface area contributed by atoms with E-state index in [0.29, 0.717) is 12.8 Å². The van der Waals surface area contributed by atoms with Crippen LogP contribution in [-0.2, 0) is 4.74 Å². The average molecular weight is 298 g/mol. The maximum absolute atomic E-state index is 13.1. The highest BCUT2D eigenvalue weighted by Gasteiger charge is 2.21. The molecule has 1 N–H and O–H groups in total. The van der Waals surface area contributed by atoms with E-state index in [4.69, 9.17) is 11.2 Å². The Morgan fingerprint density at radius 1 is 1.33 bits per heavy atom. The van der Waals surface area contributed by atoms with Crippen molar-refractivity contribution in [1.82, 2.24) is 0 Å². The summed E-state index contributed by atoms with van der Waals surface area (Å²) in [6, 6.07) is 2.91. The summed E-state index contributed by atoms with van der Waals surface area (Å²) in [5, 5.41) is 9.06. The van der Waals surface area contributed by atoms with Crippen LogP contribution in [0.2, 0.25) is 0 Å². The molecule has 5 heteroatoms. The third kappa shape index (κ3) is 5.17. The molecule has 0 bridgehead atoms. The molecule has 21 heavy (non-hydrogen) atoms. The number of hydrogen-bond donors (Lipinski definition) is 1. The van der Waals surface area contributed by atoms with Crippen LogP contribution in [0.3, 0.4) is 0 Å². The zero-order valence-electron chi connectivity index (χ0n) is 13.3. The first-order valence-corrected chi connectivity index (χ1v) is 7.06. The Morgan fingerprint density at radius 3 is 2.62 bits per heavy atom. The van der Waals surface area contributed by atoms with E-state index in [0.717, 1.165) is 31.0 Å². The molecule has 0 aromatic heterocycles. The van der Waals surface area contributed by atoms with Gasteiger partial charge in [0.15, 0.2) is 0 Å². The lowest BCUT2D eigenvalue weighted by Crippen LogP contribution is -2.20. The SMILES string of the molecule is [3H]C(CCC)C(CCC)OC(=O)c1ccc(F)cc1C(=O)O. The van der Waals surface area contributed by atoms with Gasteiger partial charge < -0.3 is 9.84 Å². The quantitative estimate of drug-likeness (QED) is 0.736. The van der Waals surface area contributed by atoms with Crippen molar-refractivity contribution >= 4 is 11.9 Å². The highest BCUT2D eigenvalue weighted by atomic mass is 19.1. The van der Waals surface area contributed by atoms with Crippen molar-refractivity contribution in [2.75, 3.05) is 0 Å². The lowest BCUT2D eigenvalue weighted by Gasteiger charge is -2.17. The second kappa shape index (κ2) is 8.39. The molecular weight excluding hydrogens is 275 g/mol. The van der Waals surface area contributed by atoms with Gasteiger partial charge in [0, 0.05) is 1.37 Å². The summed E-state index contributed by atoms with van der Waals surface area (Å²) in [6.45, 7) is 3.86. The van der Waals surface area contributed by atoms with Crippen LogP contribution < -0.4 is 0 Å². The van der Waals surface area contributed by atoms with E-state index in [1.165, 1.54) is 0 Å². The molecule has 1 aromatic rings. The van der Waals surface area contributed by atoms with Crippen molar-refractivity contribution in [3.05, 3.63) is 35.1 Å². The van der Waals surface area contributed by atoms with Crippen molar-refractivity contribution in [2.45, 2.75) is 52.0 Å². The third-order valence-electron chi connectivity index (χ3n) is 2.98. The number of carboxylic acids is 1. The number of aromatic carboxylic acids is 1. The molecule has 0 aliphatic carbocycles. The van der Waals surface area contributed by atoms with E-state index in [1.807, 2.05) is 13.8 Å². The molecule has 0 aliphatic heterocycles. The minimum absolute atomic E-state index is 0.196. The summed E-state index contributed by atoms with van der Waals surface area (Å²) >= 11 is 0. The van der Waals surface area contributed by atoms with Gasteiger partial charge in [-0.3, -0.25) is 0 Å². The molecule has 0 saturated heterocycles. The van der Waals surface area contributed by atoms with Gasteiger partial charge in [-0.25, -0.2) is 14.0 Å². The number of carbonyl (C=O) groups excluding carboxylic acids is 1. The second-order valence-electron chi connectivity index (χ2n) is 4.75. The maximum Gasteiger partial charge on any atom is 0.339 e. The summed E-state index contributed by atoms with van der Waals surface area (Å²) in [5.74, 6) is -2.96. The third-order valence-corrected chi connectivity index (χ3v) is 2.98. The Hall–Kier alpha value is -1.91. The second-order valence-corrected chi connectivity index (χ2v) is 4.75. The molecule has 4 nitrogen and oxygen atoms in total. The highest BCUT2D eigenvalue weighted by Crippen LogP contribution is 2.17. The lowest BCUT2D eigenvalue weighted by molar-refractivity contribution is 0.0250. The molecule has 0 amide bonds. The standard InChI is InChI=1S/C16H21FO4/c1-3-5-7-12(6-4-2)21-16(20)13-9-8-11(17)10-14(13)15(18)19/h8-10,12H,3-7H2,1-2H3,(H,18,19)/i7T. The largest absolute Gasteiger partial charge is 0.478 e. The fraction of sp³-hybridized carbons (Fsp3) is 0.500. The zero-order chi connectivity index (χ0) is 16.7. The number of halogens is 1. The van der Waals surface area contributed by atoms with Gasteiger partial charge >= 0.3 is 11.9 Å². The van der Waals surface area contributed by atoms with Gasteiger partial charge in [0.1, 0.15) is 11.9 Å². The van der Waals surface area contributed by atoms with E-state index in [1.54, 1.807) is 0 Å². The van der Waals surface area contributed by atoms with Gasteiger partial charge in [-0.05, 0) is 31.0 Å². The first-order chi connectivity index (χ1) is 10.4. The fourth-order valence-corrected chi connectivity index (χ4v) is 1.93. The van der Waals surface area contributed by atoms with Crippen molar-refractivity contribution < 1.29 is 25.2 Å². The smallest absolute Gasteiger partial charge is 0.339 e. The monoisotopic (exact) mass is 298 g/mol. The van der Waals surface area contributed by atoms with Crippen molar-refractivity contribution in [2.24, 2.45) is 0 Å². The first kappa shape index (κ1) is 15.5. The van der Waals surface area contributed by atoms with Crippen molar-refractivity contribution in [3.63, 3.8) is 0 Å². The number of ether oxygens (including phenoxy) is 1. The van der Waals surface area contributed by atoms with Crippen LogP contribution in [0.4, 0.5) is 4.39 Å². The first-order valence-electron chi connectivity index (χ1n) is 7.64. The minimum atomic E-state index is -1.39. The zero-order valence-corrected chi connectivity index (χ0v) is 12.3. The number of rotatable bonds is 8. The molecule has 1 aromatic carbocycles. The Bertz CT molecular complexity index is 533. The van der Waals surface area contributed by atoms with Crippen LogP contribution in [-0.4, -0.2) is 23.1 Å². The topological polar surface area (TPSA) is 63.6 Å². The summed E-state index contributed by atoms with van der Waals surface area (Å²) in [5.41, 5.74) is -0.629. The Balaban J connectivity index is 2.97. The molecule has 0 aliphatic rings. The number of esters is 1. The van der Waals surface area contributed by atoms with Gasteiger partial charge in [-0.15, -0.1) is 0 Å². The molecule has 2 atom stereocenters. The van der Waals surface area contributed by atoms with Crippen LogP contribution in [0, 0.1) is 5.82 Å². The van der Waals surface area contributed by atoms with E-state index in [2.05, 4.69) is 0 Å². The number of hydrogen-bond acceptors (Lipinski definition) is 3. The highest BCUT2D eigenvalue weighted by molar-refractivity contribution is 6.02. The van der Waals surface area contributed by atoms with E-state index in [-0.39, 0.29) is 5.56 Å². The summed E-state index contributed by atoms with van der Waals surface area (Å²) < 4.78 is 26.5. The van der Waals surface area contributed by atoms with Crippen molar-refractivity contribution in [3.8, 4) is 0 Å². The summed E-state index contributed by atoms with van der Waals surface area (Å²) in [4.78, 5) is 23.3. The summed E-state index contributed by atoms with van der Waals surface area (Å²) in [6.07, 6.45) is 1.51. The van der Waals surface area contributed by atoms with Crippen LogP contribution in [0.1, 0.15) is 68.0 Å². The molecule has 2 unspecified atom stereocenters. The number of carbonyl (C=O) groups is 2. The normalized spacial score (nSPS) is 14.1. The minimum Gasteiger partial charge on any atom is -0.478 e. The van der Waals surface area contributed by atoms with Gasteiger partial charge in [0.2, 0.25) is 0 Å². The molecule has 0 radical (unpaired) electrons. The molecule has 1 rings (SSSR count). The van der Waals surface area contributed by atoms with Gasteiger partial charge in [-0.2, -0.15) is 0 Å². The van der Waals surface area contributed by atoms with E-state index < -0.39 is 35.8 Å². The predicted molar refractivity (Wildman–Crippen MR) is 77.0 cm³/mol. The maximum atomic E-state index is 13.1. The van der Waals surface area contributed by atoms with Crippen molar-refractivity contribution in [1.29, 1.82) is 0 Å². The lowest BCUT2D eigenvalue weighted by atomic mass is 10.1. The molecule has 0 spiro atoms. The van der Waals surface area contributed by atoms with Crippen LogP contribution in [0.5, 0.6) is 0 Å². The molecule has 0 fully saturated rings. The van der Waals surface area contributed by atoms with Crippen LogP contribution in [0.25, 0.3) is 0 Å². The van der Waals surface area contributed by atoms with Gasteiger partial charge in [-0.1, -0.05) is 33.1 Å². The predicted octanol–water partition coefficient (Wildman–Crippen LogP) is 4.04. The molecular formula is C16H21FO4. The average Bonchev–Trinajstić information content (AvgIpc) is 2.46. The van der Waals surface area contributed by atoms with Gasteiger partial charge in [0.05, 0.1) is 11.1 Å². The number of benzene rings is 1. The Kier molecular flexibility index (Phi) is 6.19. The molecule has 0 saturated carbocycles. The molecule has 116 valence electrons. The Morgan fingerprint density at radius 2 is 2.05 bits per heavy atom. The fourth-order valence-electron chi connectivity index (χ4n) is 1.93.